The Morgan fingerprint density at radius 1 is 1.22 bits per heavy atom. The first-order valence-corrected chi connectivity index (χ1v) is 7.28. The molecule has 0 radical (unpaired) electrons. The molecule has 0 bridgehead atoms. The number of rotatable bonds is 4. The van der Waals surface area contributed by atoms with Gasteiger partial charge in [-0.25, -0.2) is 4.68 Å². The first kappa shape index (κ1) is 15.2. The summed E-state index contributed by atoms with van der Waals surface area (Å²) < 4.78 is 6.29. The maximum absolute atomic E-state index is 11.8. The topological polar surface area (TPSA) is 73.8 Å². The molecule has 3 rings (SSSR count). The molecule has 0 unspecified atom stereocenters. The molecule has 7 heteroatoms. The summed E-state index contributed by atoms with van der Waals surface area (Å²) in [5, 5.41) is 7.86. The van der Waals surface area contributed by atoms with Crippen LogP contribution >= 0.6 is 11.6 Å². The fraction of sp³-hybridized carbons (Fsp3) is 0.125. The first-order valence-electron chi connectivity index (χ1n) is 6.91. The van der Waals surface area contributed by atoms with E-state index in [0.717, 1.165) is 5.56 Å². The molecule has 0 fully saturated rings. The fourth-order valence-corrected chi connectivity index (χ4v) is 2.07. The van der Waals surface area contributed by atoms with Gasteiger partial charge in [0.2, 0.25) is 5.89 Å². The van der Waals surface area contributed by atoms with Crippen LogP contribution in [0.3, 0.4) is 0 Å². The van der Waals surface area contributed by atoms with Crippen molar-refractivity contribution in [2.45, 2.75) is 13.5 Å². The maximum atomic E-state index is 11.8. The van der Waals surface area contributed by atoms with Gasteiger partial charge in [-0.2, -0.15) is 10.1 Å². The number of hydrogen-bond acceptors (Lipinski definition) is 5. The largest absolute Gasteiger partial charge is 0.337 e. The van der Waals surface area contributed by atoms with Crippen LogP contribution in [0.5, 0.6) is 0 Å². The Morgan fingerprint density at radius 3 is 2.78 bits per heavy atom. The van der Waals surface area contributed by atoms with E-state index in [9.17, 15) is 4.79 Å². The number of nitrogens with zero attached hydrogens (tertiary/aromatic N) is 4. The Hall–Kier alpha value is -2.73. The molecule has 0 saturated carbocycles. The third kappa shape index (κ3) is 3.73. The van der Waals surface area contributed by atoms with Gasteiger partial charge in [-0.05, 0) is 24.6 Å². The van der Waals surface area contributed by atoms with Gasteiger partial charge >= 0.3 is 0 Å². The van der Waals surface area contributed by atoms with Crippen LogP contribution in [-0.2, 0) is 6.54 Å². The lowest BCUT2D eigenvalue weighted by Gasteiger charge is -1.99. The predicted molar refractivity (Wildman–Crippen MR) is 87.0 cm³/mol. The molecule has 0 aliphatic heterocycles. The normalized spacial score (nSPS) is 11.2. The van der Waals surface area contributed by atoms with Gasteiger partial charge in [0, 0.05) is 6.20 Å². The Kier molecular flexibility index (Phi) is 4.34. The van der Waals surface area contributed by atoms with Crippen molar-refractivity contribution in [3.05, 3.63) is 74.7 Å². The van der Waals surface area contributed by atoms with Crippen molar-refractivity contribution in [2.24, 2.45) is 0 Å². The zero-order chi connectivity index (χ0) is 16.2. The van der Waals surface area contributed by atoms with Gasteiger partial charge in [-0.3, -0.25) is 4.79 Å². The Morgan fingerprint density at radius 2 is 2.00 bits per heavy atom. The van der Waals surface area contributed by atoms with Gasteiger partial charge in [-0.1, -0.05) is 52.7 Å². The minimum Gasteiger partial charge on any atom is -0.337 e. The number of benzene rings is 1. The molecule has 6 nitrogen and oxygen atoms in total. The fourth-order valence-electron chi connectivity index (χ4n) is 1.92. The van der Waals surface area contributed by atoms with Crippen molar-refractivity contribution in [1.82, 2.24) is 19.9 Å². The summed E-state index contributed by atoms with van der Waals surface area (Å²) in [6.07, 6.45) is 5.07. The van der Waals surface area contributed by atoms with Crippen LogP contribution in [0.15, 0.2) is 45.8 Å². The van der Waals surface area contributed by atoms with Gasteiger partial charge in [-0.15, -0.1) is 0 Å². The second kappa shape index (κ2) is 6.58. The maximum Gasteiger partial charge on any atom is 0.285 e. The van der Waals surface area contributed by atoms with Gasteiger partial charge in [0.1, 0.15) is 11.6 Å². The van der Waals surface area contributed by atoms with E-state index in [1.807, 2.05) is 37.3 Å². The van der Waals surface area contributed by atoms with Gasteiger partial charge < -0.3 is 4.52 Å². The molecule has 2 aromatic heterocycles. The van der Waals surface area contributed by atoms with E-state index in [1.165, 1.54) is 22.5 Å². The molecule has 0 atom stereocenters. The molecule has 1 aromatic carbocycles. The zero-order valence-corrected chi connectivity index (χ0v) is 13.1. The Bertz CT molecular complexity index is 897. The lowest BCUT2D eigenvalue weighted by atomic mass is 10.1. The molecule has 0 aliphatic carbocycles. The number of aryl methyl sites for hydroxylation is 1. The third-order valence-electron chi connectivity index (χ3n) is 3.14. The SMILES string of the molecule is Cc1ccc(/C=C/c2noc(Cn3nccc(Cl)c3=O)n2)cc1. The van der Waals surface area contributed by atoms with E-state index in [2.05, 4.69) is 15.2 Å². The molecule has 0 spiro atoms. The smallest absolute Gasteiger partial charge is 0.285 e. The lowest BCUT2D eigenvalue weighted by Crippen LogP contribution is -2.23. The lowest BCUT2D eigenvalue weighted by molar-refractivity contribution is 0.361. The summed E-state index contributed by atoms with van der Waals surface area (Å²) in [5.74, 6) is 0.709. The van der Waals surface area contributed by atoms with Crippen LogP contribution in [0.4, 0.5) is 0 Å². The highest BCUT2D eigenvalue weighted by Crippen LogP contribution is 2.08. The van der Waals surface area contributed by atoms with Crippen LogP contribution in [-0.4, -0.2) is 19.9 Å². The molecule has 116 valence electrons. The van der Waals surface area contributed by atoms with Crippen molar-refractivity contribution < 1.29 is 4.52 Å². The summed E-state index contributed by atoms with van der Waals surface area (Å²) in [6, 6.07) is 9.49. The summed E-state index contributed by atoms with van der Waals surface area (Å²) in [7, 11) is 0. The summed E-state index contributed by atoms with van der Waals surface area (Å²) >= 11 is 5.76. The van der Waals surface area contributed by atoms with Crippen molar-refractivity contribution in [2.75, 3.05) is 0 Å². The molecule has 0 N–H and O–H groups in total. The second-order valence-corrected chi connectivity index (χ2v) is 5.34. The quantitative estimate of drug-likeness (QED) is 0.736. The highest BCUT2D eigenvalue weighted by molar-refractivity contribution is 6.30. The van der Waals surface area contributed by atoms with Gasteiger partial charge in [0.15, 0.2) is 5.82 Å². The highest BCUT2D eigenvalue weighted by Gasteiger charge is 2.08. The average Bonchev–Trinajstić information content (AvgIpc) is 2.99. The van der Waals surface area contributed by atoms with E-state index in [-0.39, 0.29) is 17.5 Å². The molecule has 2 heterocycles. The first-order chi connectivity index (χ1) is 11.1. The summed E-state index contributed by atoms with van der Waals surface area (Å²) in [4.78, 5) is 16.0. The standard InChI is InChI=1S/C16H13ClN4O2/c1-11-2-4-12(5-3-11)6-7-14-19-15(23-20-14)10-21-16(22)13(17)8-9-18-21/h2-9H,10H2,1H3/b7-6+. The van der Waals surface area contributed by atoms with E-state index in [1.54, 1.807) is 6.08 Å². The monoisotopic (exact) mass is 328 g/mol. The van der Waals surface area contributed by atoms with E-state index < -0.39 is 5.56 Å². The van der Waals surface area contributed by atoms with Crippen molar-refractivity contribution in [3.63, 3.8) is 0 Å². The summed E-state index contributed by atoms with van der Waals surface area (Å²) in [6.45, 7) is 2.11. The van der Waals surface area contributed by atoms with E-state index >= 15 is 0 Å². The minimum absolute atomic E-state index is 0.0742. The number of hydrogen-bond donors (Lipinski definition) is 0. The summed E-state index contributed by atoms with van der Waals surface area (Å²) in [5.41, 5.74) is 1.84. The van der Waals surface area contributed by atoms with Crippen LogP contribution in [0.1, 0.15) is 22.8 Å². The second-order valence-electron chi connectivity index (χ2n) is 4.93. The zero-order valence-electron chi connectivity index (χ0n) is 12.3. The molecule has 0 amide bonds. The Labute approximate surface area is 137 Å². The highest BCUT2D eigenvalue weighted by atomic mass is 35.5. The van der Waals surface area contributed by atoms with Crippen molar-refractivity contribution >= 4 is 23.8 Å². The van der Waals surface area contributed by atoms with Gasteiger partial charge in [0.25, 0.3) is 5.56 Å². The van der Waals surface area contributed by atoms with Crippen molar-refractivity contribution in [3.8, 4) is 0 Å². The van der Waals surface area contributed by atoms with Crippen LogP contribution in [0, 0.1) is 6.92 Å². The van der Waals surface area contributed by atoms with Gasteiger partial charge in [0.05, 0.1) is 0 Å². The molecular weight excluding hydrogens is 316 g/mol. The van der Waals surface area contributed by atoms with Crippen LogP contribution in [0.2, 0.25) is 5.02 Å². The predicted octanol–water partition coefficient (Wildman–Crippen LogP) is 2.81. The molecule has 3 aromatic rings. The van der Waals surface area contributed by atoms with Crippen LogP contribution < -0.4 is 5.56 Å². The molecule has 0 saturated heterocycles. The molecule has 23 heavy (non-hydrogen) atoms. The molecular formula is C16H13ClN4O2. The van der Waals surface area contributed by atoms with E-state index in [0.29, 0.717) is 5.82 Å². The minimum atomic E-state index is -0.399. The van der Waals surface area contributed by atoms with E-state index in [4.69, 9.17) is 16.1 Å². The van der Waals surface area contributed by atoms with Crippen LogP contribution in [0.25, 0.3) is 12.2 Å². The number of halogens is 1. The number of aromatic nitrogens is 4. The third-order valence-corrected chi connectivity index (χ3v) is 3.42. The van der Waals surface area contributed by atoms with Crippen molar-refractivity contribution in [1.29, 1.82) is 0 Å². The average molecular weight is 329 g/mol. The Balaban J connectivity index is 1.74. The molecule has 0 aliphatic rings.